The minimum atomic E-state index is -0.840. The van der Waals surface area contributed by atoms with Gasteiger partial charge in [-0.1, -0.05) is 48.5 Å². The van der Waals surface area contributed by atoms with Crippen LogP contribution in [0.15, 0.2) is 84.2 Å². The van der Waals surface area contributed by atoms with Crippen molar-refractivity contribution in [2.45, 2.75) is 50.9 Å². The highest BCUT2D eigenvalue weighted by Gasteiger charge is 2.33. The largest absolute Gasteiger partial charge is 0.390 e. The van der Waals surface area contributed by atoms with Gasteiger partial charge in [-0.3, -0.25) is 9.59 Å². The fourth-order valence-corrected chi connectivity index (χ4v) is 6.55. The second-order valence-corrected chi connectivity index (χ2v) is 12.5. The highest BCUT2D eigenvalue weighted by Crippen LogP contribution is 2.34. The summed E-state index contributed by atoms with van der Waals surface area (Å²) in [4.78, 5) is 35.7. The standard InChI is InChI=1S/C35H41N5O3S/c1-24-23-44-34(37-24)31-16-9-17-40(31)35(43)28-14-8-13-27(20-28)33(42)38-30(19-25-10-5-4-6-11-25)32(41)22-36-21-26-12-7-15-29(18-26)39(2)3/h4-8,10-15,18,20,23,30-32,36,41H,9,16-17,19,21-22H2,1-3H3,(H,38,42). The van der Waals surface area contributed by atoms with E-state index in [-0.39, 0.29) is 17.9 Å². The molecule has 1 fully saturated rings. The van der Waals surface area contributed by atoms with Crippen molar-refractivity contribution in [2.24, 2.45) is 0 Å². The van der Waals surface area contributed by atoms with Gasteiger partial charge in [0, 0.05) is 61.6 Å². The molecule has 3 N–H and O–H groups in total. The number of carbonyl (C=O) groups excluding carboxylic acids is 2. The van der Waals surface area contributed by atoms with Crippen molar-refractivity contribution < 1.29 is 14.7 Å². The molecule has 1 aromatic heterocycles. The Hall–Kier alpha value is -4.05. The number of benzene rings is 3. The first-order valence-corrected chi connectivity index (χ1v) is 16.0. The number of nitrogens with zero attached hydrogens (tertiary/aromatic N) is 3. The minimum Gasteiger partial charge on any atom is -0.390 e. The van der Waals surface area contributed by atoms with Crippen LogP contribution in [0.25, 0.3) is 0 Å². The number of aryl methyl sites for hydroxylation is 1. The second kappa shape index (κ2) is 14.6. The van der Waals surface area contributed by atoms with Crippen LogP contribution in [-0.4, -0.2) is 66.1 Å². The first kappa shape index (κ1) is 31.4. The number of aliphatic hydroxyl groups is 1. The molecule has 2 amide bonds. The summed E-state index contributed by atoms with van der Waals surface area (Å²) in [7, 11) is 4.01. The summed E-state index contributed by atoms with van der Waals surface area (Å²) in [6.45, 7) is 3.52. The van der Waals surface area contributed by atoms with Crippen LogP contribution in [-0.2, 0) is 13.0 Å². The Morgan fingerprint density at radius 3 is 2.52 bits per heavy atom. The zero-order valence-corrected chi connectivity index (χ0v) is 26.4. The summed E-state index contributed by atoms with van der Waals surface area (Å²) in [5, 5.41) is 20.6. The van der Waals surface area contributed by atoms with Gasteiger partial charge < -0.3 is 25.5 Å². The smallest absolute Gasteiger partial charge is 0.254 e. The topological polar surface area (TPSA) is 97.8 Å². The Morgan fingerprint density at radius 2 is 1.77 bits per heavy atom. The molecule has 3 atom stereocenters. The SMILES string of the molecule is Cc1csc(C2CCCN2C(=O)c2cccc(C(=O)NC(Cc3ccccc3)C(O)CNCc3cccc(N(C)C)c3)c2)n1. The van der Waals surface area contributed by atoms with E-state index in [1.807, 2.05) is 73.8 Å². The minimum absolute atomic E-state index is 0.0399. The van der Waals surface area contributed by atoms with Gasteiger partial charge in [0.2, 0.25) is 0 Å². The van der Waals surface area contributed by atoms with Crippen LogP contribution >= 0.6 is 11.3 Å². The van der Waals surface area contributed by atoms with Gasteiger partial charge >= 0.3 is 0 Å². The quantitative estimate of drug-likeness (QED) is 0.209. The number of hydrogen-bond acceptors (Lipinski definition) is 7. The van der Waals surface area contributed by atoms with Gasteiger partial charge in [0.25, 0.3) is 11.8 Å². The summed E-state index contributed by atoms with van der Waals surface area (Å²) < 4.78 is 0. The van der Waals surface area contributed by atoms with E-state index < -0.39 is 12.1 Å². The van der Waals surface area contributed by atoms with E-state index in [0.29, 0.717) is 37.2 Å². The molecule has 44 heavy (non-hydrogen) atoms. The lowest BCUT2D eigenvalue weighted by atomic mass is 10.00. The van der Waals surface area contributed by atoms with Crippen LogP contribution in [0.2, 0.25) is 0 Å². The first-order chi connectivity index (χ1) is 21.3. The fraction of sp³-hybridized carbons (Fsp3) is 0.343. The lowest BCUT2D eigenvalue weighted by molar-refractivity contribution is 0.0735. The first-order valence-electron chi connectivity index (χ1n) is 15.1. The maximum atomic E-state index is 13.6. The molecule has 2 heterocycles. The number of aliphatic hydroxyl groups excluding tert-OH is 1. The van der Waals surface area contributed by atoms with E-state index in [2.05, 4.69) is 32.7 Å². The molecule has 1 aliphatic rings. The molecule has 4 aromatic rings. The third kappa shape index (κ3) is 7.91. The van der Waals surface area contributed by atoms with Crippen LogP contribution in [0.3, 0.4) is 0 Å². The number of aromatic nitrogens is 1. The Morgan fingerprint density at radius 1 is 1.02 bits per heavy atom. The molecule has 230 valence electrons. The van der Waals surface area contributed by atoms with E-state index in [9.17, 15) is 14.7 Å². The predicted octanol–water partition coefficient (Wildman–Crippen LogP) is 4.99. The zero-order valence-electron chi connectivity index (χ0n) is 25.6. The lowest BCUT2D eigenvalue weighted by Gasteiger charge is -2.25. The summed E-state index contributed by atoms with van der Waals surface area (Å²) in [5.41, 5.74) is 5.05. The van der Waals surface area contributed by atoms with E-state index >= 15 is 0 Å². The molecule has 5 rings (SSSR count). The Labute approximate surface area is 263 Å². The van der Waals surface area contributed by atoms with Crippen molar-refractivity contribution in [3.05, 3.63) is 117 Å². The molecule has 0 aliphatic carbocycles. The van der Waals surface area contributed by atoms with Gasteiger partial charge in [-0.2, -0.15) is 0 Å². The van der Waals surface area contributed by atoms with Crippen LogP contribution < -0.4 is 15.5 Å². The zero-order chi connectivity index (χ0) is 31.1. The van der Waals surface area contributed by atoms with Gasteiger partial charge in [-0.05, 0) is 67.6 Å². The number of anilines is 1. The van der Waals surface area contributed by atoms with E-state index in [1.54, 1.807) is 35.6 Å². The number of rotatable bonds is 12. The van der Waals surface area contributed by atoms with Crippen molar-refractivity contribution in [1.82, 2.24) is 20.5 Å². The van der Waals surface area contributed by atoms with Gasteiger partial charge in [0.1, 0.15) is 5.01 Å². The van der Waals surface area contributed by atoms with Crippen LogP contribution in [0.5, 0.6) is 0 Å². The molecule has 3 aromatic carbocycles. The van der Waals surface area contributed by atoms with Crippen LogP contribution in [0, 0.1) is 6.92 Å². The van der Waals surface area contributed by atoms with E-state index in [4.69, 9.17) is 0 Å². The summed E-state index contributed by atoms with van der Waals surface area (Å²) in [5.74, 6) is -0.426. The van der Waals surface area contributed by atoms with E-state index in [1.165, 1.54) is 0 Å². The molecular formula is C35H41N5O3S. The van der Waals surface area contributed by atoms with Gasteiger partial charge in [0.15, 0.2) is 0 Å². The van der Waals surface area contributed by atoms with Crippen molar-refractivity contribution >= 4 is 28.8 Å². The van der Waals surface area contributed by atoms with E-state index in [0.717, 1.165) is 40.4 Å². The predicted molar refractivity (Wildman–Crippen MR) is 176 cm³/mol. The number of nitrogens with one attached hydrogen (secondary N) is 2. The average molecular weight is 612 g/mol. The second-order valence-electron chi connectivity index (χ2n) is 11.6. The number of likely N-dealkylation sites (tertiary alicyclic amines) is 1. The van der Waals surface area contributed by atoms with Crippen molar-refractivity contribution in [3.8, 4) is 0 Å². The van der Waals surface area contributed by atoms with Crippen LogP contribution in [0.4, 0.5) is 5.69 Å². The number of amides is 2. The third-order valence-electron chi connectivity index (χ3n) is 8.00. The van der Waals surface area contributed by atoms with Crippen molar-refractivity contribution in [1.29, 1.82) is 0 Å². The molecule has 1 saturated heterocycles. The average Bonchev–Trinajstić information content (AvgIpc) is 3.70. The maximum Gasteiger partial charge on any atom is 0.254 e. The fourth-order valence-electron chi connectivity index (χ4n) is 5.61. The lowest BCUT2D eigenvalue weighted by Crippen LogP contribution is -2.48. The van der Waals surface area contributed by atoms with Gasteiger partial charge in [0.05, 0.1) is 18.2 Å². The molecule has 9 heteroatoms. The molecule has 8 nitrogen and oxygen atoms in total. The number of carbonyl (C=O) groups is 2. The van der Waals surface area contributed by atoms with Crippen molar-refractivity contribution in [2.75, 3.05) is 32.1 Å². The monoisotopic (exact) mass is 611 g/mol. The highest BCUT2D eigenvalue weighted by atomic mass is 32.1. The molecule has 3 unspecified atom stereocenters. The normalized spacial score (nSPS) is 16.0. The van der Waals surface area contributed by atoms with Gasteiger partial charge in [-0.25, -0.2) is 4.98 Å². The number of thiazole rings is 1. The Bertz CT molecular complexity index is 1560. The Kier molecular flexibility index (Phi) is 10.4. The maximum absolute atomic E-state index is 13.6. The number of hydrogen-bond donors (Lipinski definition) is 3. The molecule has 1 aliphatic heterocycles. The van der Waals surface area contributed by atoms with Crippen LogP contribution in [0.1, 0.15) is 61.4 Å². The molecule has 0 saturated carbocycles. The third-order valence-corrected chi connectivity index (χ3v) is 9.06. The summed E-state index contributed by atoms with van der Waals surface area (Å²) >= 11 is 1.59. The van der Waals surface area contributed by atoms with Gasteiger partial charge in [-0.15, -0.1) is 11.3 Å². The molecule has 0 bridgehead atoms. The molecule has 0 radical (unpaired) electrons. The summed E-state index contributed by atoms with van der Waals surface area (Å²) in [6.07, 6.45) is 1.43. The highest BCUT2D eigenvalue weighted by molar-refractivity contribution is 7.09. The van der Waals surface area contributed by atoms with Crippen molar-refractivity contribution in [3.63, 3.8) is 0 Å². The Balaban J connectivity index is 1.26. The summed E-state index contributed by atoms with van der Waals surface area (Å²) in [6, 6.07) is 24.3. The molecular weight excluding hydrogens is 570 g/mol. The molecule has 0 spiro atoms.